The van der Waals surface area contributed by atoms with Crippen molar-refractivity contribution in [1.29, 1.82) is 0 Å². The first kappa shape index (κ1) is 10.8. The van der Waals surface area contributed by atoms with Gasteiger partial charge in [0.1, 0.15) is 0 Å². The number of nitrogens with two attached hydrogens (primary N) is 1. The molecule has 4 heteroatoms. The van der Waals surface area contributed by atoms with Crippen LogP contribution in [0.25, 0.3) is 0 Å². The monoisotopic (exact) mass is 263 g/mol. The molecule has 0 aliphatic rings. The molecule has 0 aliphatic carbocycles. The van der Waals surface area contributed by atoms with Gasteiger partial charge < -0.3 is 10.8 Å². The van der Waals surface area contributed by atoms with Crippen molar-refractivity contribution in [2.75, 3.05) is 5.73 Å². The summed E-state index contributed by atoms with van der Waals surface area (Å²) >= 11 is 9.20. The van der Waals surface area contributed by atoms with Crippen LogP contribution in [0, 0.1) is 0 Å². The van der Waals surface area contributed by atoms with Gasteiger partial charge in [-0.15, -0.1) is 0 Å². The molecule has 0 spiro atoms. The minimum Gasteiger partial charge on any atom is -0.398 e. The fourth-order valence-electron chi connectivity index (χ4n) is 1.03. The molecule has 0 bridgehead atoms. The van der Waals surface area contributed by atoms with Crippen LogP contribution in [-0.4, -0.2) is 5.11 Å². The SMILES string of the molecule is CC(C)(O)c1cc(Br)c(N)cc1Cl. The van der Waals surface area contributed by atoms with E-state index >= 15 is 0 Å². The highest BCUT2D eigenvalue weighted by molar-refractivity contribution is 9.10. The molecular weight excluding hydrogens is 253 g/mol. The van der Waals surface area contributed by atoms with Crippen molar-refractivity contribution in [1.82, 2.24) is 0 Å². The van der Waals surface area contributed by atoms with Gasteiger partial charge in [0.2, 0.25) is 0 Å². The third kappa shape index (κ3) is 2.36. The quantitative estimate of drug-likeness (QED) is 0.766. The molecule has 2 nitrogen and oxygen atoms in total. The smallest absolute Gasteiger partial charge is 0.0855 e. The Balaban J connectivity index is 3.32. The number of rotatable bonds is 1. The summed E-state index contributed by atoms with van der Waals surface area (Å²) in [5, 5.41) is 10.2. The lowest BCUT2D eigenvalue weighted by Gasteiger charge is -2.20. The van der Waals surface area contributed by atoms with Gasteiger partial charge in [-0.1, -0.05) is 11.6 Å². The lowest BCUT2D eigenvalue weighted by atomic mass is 9.98. The van der Waals surface area contributed by atoms with Crippen molar-refractivity contribution >= 4 is 33.2 Å². The predicted octanol–water partition coefficient (Wildman–Crippen LogP) is 2.91. The van der Waals surface area contributed by atoms with Crippen molar-refractivity contribution in [2.24, 2.45) is 0 Å². The molecule has 0 amide bonds. The summed E-state index contributed by atoms with van der Waals surface area (Å²) < 4.78 is 0.744. The zero-order valence-corrected chi connectivity index (χ0v) is 9.78. The van der Waals surface area contributed by atoms with Gasteiger partial charge in [-0.2, -0.15) is 0 Å². The lowest BCUT2D eigenvalue weighted by Crippen LogP contribution is -2.16. The van der Waals surface area contributed by atoms with Crippen LogP contribution in [0.2, 0.25) is 5.02 Å². The highest BCUT2D eigenvalue weighted by Crippen LogP contribution is 2.33. The number of anilines is 1. The molecule has 1 rings (SSSR count). The van der Waals surface area contributed by atoms with Crippen molar-refractivity contribution in [3.8, 4) is 0 Å². The van der Waals surface area contributed by atoms with Gasteiger partial charge in [-0.05, 0) is 41.9 Å². The number of benzene rings is 1. The van der Waals surface area contributed by atoms with Crippen LogP contribution in [0.5, 0.6) is 0 Å². The molecule has 1 aromatic carbocycles. The van der Waals surface area contributed by atoms with E-state index in [1.165, 1.54) is 0 Å². The number of nitrogen functional groups attached to an aromatic ring is 1. The van der Waals surface area contributed by atoms with Crippen molar-refractivity contribution in [3.05, 3.63) is 27.2 Å². The third-order valence-electron chi connectivity index (χ3n) is 1.75. The Labute approximate surface area is 90.8 Å². The first-order chi connectivity index (χ1) is 5.82. The van der Waals surface area contributed by atoms with Crippen LogP contribution in [0.3, 0.4) is 0 Å². The van der Waals surface area contributed by atoms with Crippen LogP contribution in [-0.2, 0) is 5.60 Å². The normalized spacial score (nSPS) is 11.8. The van der Waals surface area contributed by atoms with E-state index in [0.717, 1.165) is 4.47 Å². The van der Waals surface area contributed by atoms with Crippen LogP contribution in [0.1, 0.15) is 19.4 Å². The summed E-state index contributed by atoms with van der Waals surface area (Å²) in [7, 11) is 0. The predicted molar refractivity (Wildman–Crippen MR) is 58.8 cm³/mol. The molecule has 0 saturated carbocycles. The minimum absolute atomic E-state index is 0.480. The largest absolute Gasteiger partial charge is 0.398 e. The molecule has 0 radical (unpaired) electrons. The molecule has 72 valence electrons. The van der Waals surface area contributed by atoms with Gasteiger partial charge in [-0.25, -0.2) is 0 Å². The first-order valence-corrected chi connectivity index (χ1v) is 4.97. The molecular formula is C9H11BrClNO. The molecule has 0 aromatic heterocycles. The second kappa shape index (κ2) is 3.48. The Hall–Kier alpha value is -0.250. The second-order valence-electron chi connectivity index (χ2n) is 3.41. The first-order valence-electron chi connectivity index (χ1n) is 3.79. The summed E-state index contributed by atoms with van der Waals surface area (Å²) in [5.74, 6) is 0. The molecule has 0 unspecified atom stereocenters. The van der Waals surface area contributed by atoms with Crippen LogP contribution in [0.15, 0.2) is 16.6 Å². The van der Waals surface area contributed by atoms with Gasteiger partial charge in [0.25, 0.3) is 0 Å². The van der Waals surface area contributed by atoms with Gasteiger partial charge in [-0.3, -0.25) is 0 Å². The number of aliphatic hydroxyl groups is 1. The molecule has 0 heterocycles. The molecule has 3 N–H and O–H groups in total. The Kier molecular flexibility index (Phi) is 2.90. The highest BCUT2D eigenvalue weighted by Gasteiger charge is 2.20. The van der Waals surface area contributed by atoms with Gasteiger partial charge in [0.05, 0.1) is 5.60 Å². The fraction of sp³-hybridized carbons (Fsp3) is 0.333. The third-order valence-corrected chi connectivity index (χ3v) is 2.74. The number of hydrogen-bond acceptors (Lipinski definition) is 2. The summed E-state index contributed by atoms with van der Waals surface area (Å²) in [6.45, 7) is 3.35. The van der Waals surface area contributed by atoms with E-state index < -0.39 is 5.60 Å². The van der Waals surface area contributed by atoms with Crippen LogP contribution in [0.4, 0.5) is 5.69 Å². The Bertz CT molecular complexity index is 333. The maximum absolute atomic E-state index is 9.74. The number of hydrogen-bond donors (Lipinski definition) is 2. The summed E-state index contributed by atoms with van der Waals surface area (Å²) in [4.78, 5) is 0. The minimum atomic E-state index is -0.951. The van der Waals surface area contributed by atoms with Crippen molar-refractivity contribution in [2.45, 2.75) is 19.4 Å². The maximum Gasteiger partial charge on any atom is 0.0855 e. The van der Waals surface area contributed by atoms with E-state index in [9.17, 15) is 5.11 Å². The molecule has 0 atom stereocenters. The highest BCUT2D eigenvalue weighted by atomic mass is 79.9. The molecule has 13 heavy (non-hydrogen) atoms. The average Bonchev–Trinajstić information content (AvgIpc) is 1.94. The Morgan fingerprint density at radius 1 is 1.46 bits per heavy atom. The van der Waals surface area contributed by atoms with Crippen LogP contribution < -0.4 is 5.73 Å². The van der Waals surface area contributed by atoms with Crippen LogP contribution >= 0.6 is 27.5 Å². The molecule has 1 aromatic rings. The zero-order valence-electron chi connectivity index (χ0n) is 7.44. The van der Waals surface area contributed by atoms with Gasteiger partial charge in [0.15, 0.2) is 0 Å². The lowest BCUT2D eigenvalue weighted by molar-refractivity contribution is 0.0787. The van der Waals surface area contributed by atoms with E-state index in [-0.39, 0.29) is 0 Å². The summed E-state index contributed by atoms with van der Waals surface area (Å²) in [6.07, 6.45) is 0. The Morgan fingerprint density at radius 3 is 2.46 bits per heavy atom. The van der Waals surface area contributed by atoms with E-state index in [0.29, 0.717) is 16.3 Å². The van der Waals surface area contributed by atoms with Crippen molar-refractivity contribution in [3.63, 3.8) is 0 Å². The van der Waals surface area contributed by atoms with Crippen molar-refractivity contribution < 1.29 is 5.11 Å². The fourth-order valence-corrected chi connectivity index (χ4v) is 1.78. The summed E-state index contributed by atoms with van der Waals surface area (Å²) in [6, 6.07) is 3.36. The summed E-state index contributed by atoms with van der Waals surface area (Å²) in [5.41, 5.74) is 5.90. The topological polar surface area (TPSA) is 46.2 Å². The standard InChI is InChI=1S/C9H11BrClNO/c1-9(2,13)5-3-6(10)8(12)4-7(5)11/h3-4,13H,12H2,1-2H3. The van der Waals surface area contributed by atoms with E-state index in [1.54, 1.807) is 26.0 Å². The zero-order chi connectivity index (χ0) is 10.2. The van der Waals surface area contributed by atoms with E-state index in [2.05, 4.69) is 15.9 Å². The Morgan fingerprint density at radius 2 is 2.00 bits per heavy atom. The van der Waals surface area contributed by atoms with E-state index in [4.69, 9.17) is 17.3 Å². The molecule has 0 saturated heterocycles. The maximum atomic E-state index is 9.74. The second-order valence-corrected chi connectivity index (χ2v) is 4.67. The van der Waals surface area contributed by atoms with Gasteiger partial charge in [0, 0.05) is 20.7 Å². The van der Waals surface area contributed by atoms with Gasteiger partial charge >= 0.3 is 0 Å². The average molecular weight is 265 g/mol. The van der Waals surface area contributed by atoms with E-state index in [1.807, 2.05) is 0 Å². The number of halogens is 2. The molecule has 0 aliphatic heterocycles. The molecule has 0 fully saturated rings.